The van der Waals surface area contributed by atoms with E-state index < -0.39 is 0 Å². The van der Waals surface area contributed by atoms with Crippen LogP contribution in [0.15, 0.2) is 11.6 Å². The van der Waals surface area contributed by atoms with Crippen molar-refractivity contribution in [2.24, 2.45) is 0 Å². The molecule has 1 heteroatoms. The molecule has 49 valence electrons. The quantitative estimate of drug-likeness (QED) is 0.521. The van der Waals surface area contributed by atoms with Crippen LogP contribution in [0.2, 0.25) is 0 Å². The Balaban J connectivity index is 0. The van der Waals surface area contributed by atoms with Crippen LogP contribution in [0.4, 0.5) is 0 Å². The van der Waals surface area contributed by atoms with E-state index >= 15 is 0 Å². The van der Waals surface area contributed by atoms with E-state index in [-0.39, 0.29) is 29.6 Å². The topological polar surface area (TPSA) is 0 Å². The number of hydrogen-bond donors (Lipinski definition) is 0. The summed E-state index contributed by atoms with van der Waals surface area (Å²) < 4.78 is 0. The van der Waals surface area contributed by atoms with Crippen molar-refractivity contribution in [3.8, 4) is 0 Å². The predicted molar refractivity (Wildman–Crippen MR) is 45.8 cm³/mol. The second kappa shape index (κ2) is 8.74. The molecular weight excluding hydrogens is 119 g/mol. The molecule has 0 rings (SSSR count). The molecule has 0 N–H and O–H groups in total. The first-order valence-electron chi connectivity index (χ1n) is 3.28. The van der Waals surface area contributed by atoms with Crippen molar-refractivity contribution in [2.45, 2.75) is 33.1 Å². The Bertz CT molecular complexity index is 74.6. The van der Waals surface area contributed by atoms with Gasteiger partial charge in [0.2, 0.25) is 0 Å². The maximum absolute atomic E-state index is 3.86. The molecule has 0 aromatic carbocycles. The molecule has 0 unspecified atom stereocenters. The number of rotatable bonds is 3. The summed E-state index contributed by atoms with van der Waals surface area (Å²) in [5, 5.41) is 0. The zero-order valence-electron chi connectivity index (χ0n) is 5.91. The van der Waals surface area contributed by atoms with Gasteiger partial charge in [-0.3, -0.25) is 0 Å². The zero-order chi connectivity index (χ0) is 6.41. The monoisotopic (exact) mass is 135 g/mol. The average molecular weight is 135 g/mol. The van der Waals surface area contributed by atoms with Crippen LogP contribution in [-0.4, -0.2) is 29.6 Å². The molecule has 0 bridgehead atoms. The van der Waals surface area contributed by atoms with E-state index in [1.807, 2.05) is 6.92 Å². The number of unbranched alkanes of at least 4 members (excludes halogenated alkanes) is 1. The van der Waals surface area contributed by atoms with Crippen LogP contribution < -0.4 is 0 Å². The summed E-state index contributed by atoms with van der Waals surface area (Å²) in [5.41, 5.74) is 1.27. The fourth-order valence-corrected chi connectivity index (χ4v) is 0.548. The fourth-order valence-electron chi connectivity index (χ4n) is 0.548. The third-order valence-electron chi connectivity index (χ3n) is 1.26. The third kappa shape index (κ3) is 8.74. The Hall–Kier alpha value is 0.740. The van der Waals surface area contributed by atoms with Crippen molar-refractivity contribution in [3.63, 3.8) is 0 Å². The molecule has 0 aromatic rings. The molecule has 0 heterocycles. The predicted octanol–water partition coefficient (Wildman–Crippen LogP) is 2.31. The van der Waals surface area contributed by atoms with Crippen LogP contribution in [0.3, 0.4) is 0 Å². The first-order chi connectivity index (χ1) is 3.81. The molecule has 9 heavy (non-hydrogen) atoms. The van der Waals surface area contributed by atoms with Gasteiger partial charge >= 0.3 is 29.6 Å². The molecule has 0 aliphatic rings. The molecule has 0 fully saturated rings. The second-order valence-electron chi connectivity index (χ2n) is 2.05. The summed E-state index contributed by atoms with van der Waals surface area (Å²) in [6.07, 6.45) is 5.80. The first kappa shape index (κ1) is 12.4. The van der Waals surface area contributed by atoms with Gasteiger partial charge in [0.05, 0.1) is 0 Å². The van der Waals surface area contributed by atoms with Crippen molar-refractivity contribution in [1.82, 2.24) is 0 Å². The van der Waals surface area contributed by atoms with Crippen molar-refractivity contribution >= 4 is 29.6 Å². The Morgan fingerprint density at radius 3 is 2.44 bits per heavy atom. The molecule has 0 atom stereocenters. The Morgan fingerprint density at radius 2 is 2.11 bits per heavy atom. The summed E-state index contributed by atoms with van der Waals surface area (Å²) in [7, 11) is 0. The summed E-state index contributed by atoms with van der Waals surface area (Å²) in [6.45, 7) is 8.09. The minimum absolute atomic E-state index is 0. The van der Waals surface area contributed by atoms with Gasteiger partial charge in [-0.05, 0) is 26.7 Å². The summed E-state index contributed by atoms with van der Waals surface area (Å²) in [4.78, 5) is 0. The number of allylic oxidation sites excluding steroid dienone is 2. The van der Waals surface area contributed by atoms with Crippen molar-refractivity contribution in [3.05, 3.63) is 18.6 Å². The van der Waals surface area contributed by atoms with E-state index in [2.05, 4.69) is 19.9 Å². The van der Waals surface area contributed by atoms with Gasteiger partial charge in [-0.25, -0.2) is 0 Å². The van der Waals surface area contributed by atoms with E-state index in [1.54, 1.807) is 0 Å². The summed E-state index contributed by atoms with van der Waals surface area (Å²) >= 11 is 0. The van der Waals surface area contributed by atoms with E-state index in [0.29, 0.717) is 0 Å². The van der Waals surface area contributed by atoms with Crippen molar-refractivity contribution < 1.29 is 0 Å². The van der Waals surface area contributed by atoms with Crippen LogP contribution in [0.5, 0.6) is 0 Å². The van der Waals surface area contributed by atoms with Gasteiger partial charge in [0, 0.05) is 0 Å². The molecule has 0 nitrogen and oxygen atoms in total. The SMILES string of the molecule is [CH2]C(=CC)CCCC.[NaH]. The average Bonchev–Trinajstić information content (AvgIpc) is 1.83. The maximum atomic E-state index is 3.86. The number of hydrogen-bond acceptors (Lipinski definition) is 0. The van der Waals surface area contributed by atoms with E-state index in [0.717, 1.165) is 0 Å². The van der Waals surface area contributed by atoms with Crippen LogP contribution in [0.1, 0.15) is 33.1 Å². The normalized spacial score (nSPS) is 10.8. The zero-order valence-corrected chi connectivity index (χ0v) is 5.91. The van der Waals surface area contributed by atoms with Crippen molar-refractivity contribution in [2.75, 3.05) is 0 Å². The molecule has 0 saturated heterocycles. The standard InChI is InChI=1S/C8H15.Na.H/c1-4-6-7-8(3)5-2;;/h5H,3-4,6-7H2,1-2H3;;. The summed E-state index contributed by atoms with van der Waals surface area (Å²) in [6, 6.07) is 0. The van der Waals surface area contributed by atoms with Crippen LogP contribution in [-0.2, 0) is 0 Å². The minimum atomic E-state index is 0. The Kier molecular flexibility index (Phi) is 12.1. The summed E-state index contributed by atoms with van der Waals surface area (Å²) in [5.74, 6) is 0. The van der Waals surface area contributed by atoms with Crippen molar-refractivity contribution in [1.29, 1.82) is 0 Å². The molecule has 1 radical (unpaired) electrons. The van der Waals surface area contributed by atoms with Gasteiger partial charge in [-0.2, -0.15) is 0 Å². The second-order valence-corrected chi connectivity index (χ2v) is 2.05. The molecule has 0 saturated carbocycles. The van der Waals surface area contributed by atoms with Gasteiger partial charge in [0.1, 0.15) is 0 Å². The molecule has 0 aromatic heterocycles. The Morgan fingerprint density at radius 1 is 1.56 bits per heavy atom. The van der Waals surface area contributed by atoms with Gasteiger partial charge in [0.15, 0.2) is 0 Å². The van der Waals surface area contributed by atoms with Crippen LogP contribution in [0, 0.1) is 6.92 Å². The van der Waals surface area contributed by atoms with Crippen LogP contribution in [0.25, 0.3) is 0 Å². The van der Waals surface area contributed by atoms with E-state index in [9.17, 15) is 0 Å². The van der Waals surface area contributed by atoms with Gasteiger partial charge in [0.25, 0.3) is 0 Å². The molecule has 0 aliphatic heterocycles. The van der Waals surface area contributed by atoms with Gasteiger partial charge in [-0.15, -0.1) is 0 Å². The molecule has 0 amide bonds. The fraction of sp³-hybridized carbons (Fsp3) is 0.625. The van der Waals surface area contributed by atoms with Gasteiger partial charge < -0.3 is 0 Å². The first-order valence-corrected chi connectivity index (χ1v) is 3.28. The third-order valence-corrected chi connectivity index (χ3v) is 1.26. The Labute approximate surface area is 81.0 Å². The molecule has 0 spiro atoms. The van der Waals surface area contributed by atoms with E-state index in [4.69, 9.17) is 0 Å². The molecular formula is C8H16Na. The van der Waals surface area contributed by atoms with Gasteiger partial charge in [-0.1, -0.05) is 25.0 Å². The molecule has 0 aliphatic carbocycles. The van der Waals surface area contributed by atoms with Crippen LogP contribution >= 0.6 is 0 Å². The van der Waals surface area contributed by atoms with E-state index in [1.165, 1.54) is 24.8 Å².